The first kappa shape index (κ1) is 3.59. The first-order valence-electron chi connectivity index (χ1n) is 1.59. The van der Waals surface area contributed by atoms with Crippen molar-refractivity contribution < 1.29 is 4.39 Å². The number of hydrogen-bond acceptors (Lipinski definition) is 0. The molecular weight excluding hydrogens is 135 g/mol. The van der Waals surface area contributed by atoms with Gasteiger partial charge >= 0.3 is 0 Å². The molecule has 2 heteroatoms. The summed E-state index contributed by atoms with van der Waals surface area (Å²) in [7, 11) is 0. The zero-order valence-electron chi connectivity index (χ0n) is 2.67. The smallest absolute Gasteiger partial charge is 0.165 e. The van der Waals surface area contributed by atoms with Crippen molar-refractivity contribution in [3.63, 3.8) is 0 Å². The molecule has 0 spiro atoms. The van der Waals surface area contributed by atoms with Crippen LogP contribution in [-0.4, -0.2) is 4.58 Å². The van der Waals surface area contributed by atoms with Crippen molar-refractivity contribution in [2.24, 2.45) is 0 Å². The van der Waals surface area contributed by atoms with Gasteiger partial charge in [-0.05, 0) is 28.8 Å². The third kappa shape index (κ3) is 0.875. The molecule has 30 valence electrons. The quantitative estimate of drug-likeness (QED) is 0.449. The zero-order chi connectivity index (χ0) is 3.91. The summed E-state index contributed by atoms with van der Waals surface area (Å²) < 4.78 is 10.8. The van der Waals surface area contributed by atoms with Crippen molar-refractivity contribution in [3.05, 3.63) is 0 Å². The number of halogens is 2. The number of rotatable bonds is 0. The molecule has 0 heterocycles. The highest BCUT2D eigenvalue weighted by atomic mass is 79.9. The molecule has 0 saturated heterocycles. The summed E-state index contributed by atoms with van der Waals surface area (Å²) in [6.07, 6.45) is 1.40. The van der Waals surface area contributed by atoms with Crippen molar-refractivity contribution in [3.8, 4) is 0 Å². The lowest BCUT2D eigenvalue weighted by molar-refractivity contribution is 0.447. The molecule has 5 heavy (non-hydrogen) atoms. The lowest BCUT2D eigenvalue weighted by Gasteiger charge is -1.78. The third-order valence-corrected chi connectivity index (χ3v) is 1.42. The van der Waals surface area contributed by atoms with Crippen molar-refractivity contribution >= 4 is 15.9 Å². The molecule has 0 aromatic rings. The fourth-order valence-corrected chi connectivity index (χ4v) is 0.293. The second-order valence-electron chi connectivity index (χ2n) is 1.36. The maximum absolute atomic E-state index is 11.7. The van der Waals surface area contributed by atoms with E-state index in [1.807, 2.05) is 0 Å². The van der Waals surface area contributed by atoms with Crippen LogP contribution in [-0.2, 0) is 0 Å². The minimum Gasteiger partial charge on any atom is -0.231 e. The molecule has 0 N–H and O–H groups in total. The van der Waals surface area contributed by atoms with E-state index in [-0.39, 0.29) is 0 Å². The molecule has 0 amide bonds. The molecule has 1 aliphatic rings. The molecule has 0 aliphatic heterocycles. The van der Waals surface area contributed by atoms with Gasteiger partial charge in [0.2, 0.25) is 0 Å². The highest BCUT2D eigenvalue weighted by molar-refractivity contribution is 9.10. The van der Waals surface area contributed by atoms with Crippen LogP contribution in [0.5, 0.6) is 0 Å². The number of alkyl halides is 2. The summed E-state index contributed by atoms with van der Waals surface area (Å²) in [5, 5.41) is 0. The highest BCUT2D eigenvalue weighted by Crippen LogP contribution is 2.45. The summed E-state index contributed by atoms with van der Waals surface area (Å²) in [6, 6.07) is 0. The average Bonchev–Trinajstić information content (AvgIpc) is 1.76. The second kappa shape index (κ2) is 0.725. The van der Waals surface area contributed by atoms with Gasteiger partial charge in [-0.1, -0.05) is 0 Å². The van der Waals surface area contributed by atoms with Gasteiger partial charge in [-0.2, -0.15) is 0 Å². The Bertz CT molecular complexity index is 44.9. The fourth-order valence-electron chi connectivity index (χ4n) is 0.0945. The maximum atomic E-state index is 11.7. The van der Waals surface area contributed by atoms with E-state index in [0.29, 0.717) is 12.8 Å². The molecule has 0 atom stereocenters. The van der Waals surface area contributed by atoms with E-state index in [1.165, 1.54) is 0 Å². The predicted molar refractivity (Wildman–Crippen MR) is 22.0 cm³/mol. The van der Waals surface area contributed by atoms with Crippen molar-refractivity contribution in [1.29, 1.82) is 0 Å². The lowest BCUT2D eigenvalue weighted by atomic mass is 10.9. The van der Waals surface area contributed by atoms with E-state index in [2.05, 4.69) is 15.9 Å². The Morgan fingerprint density at radius 1 is 1.60 bits per heavy atom. The molecule has 0 nitrogen and oxygen atoms in total. The van der Waals surface area contributed by atoms with Gasteiger partial charge in [-0.15, -0.1) is 0 Å². The van der Waals surface area contributed by atoms with Crippen molar-refractivity contribution in [2.45, 2.75) is 17.4 Å². The highest BCUT2D eigenvalue weighted by Gasteiger charge is 2.39. The van der Waals surface area contributed by atoms with Crippen LogP contribution >= 0.6 is 15.9 Å². The van der Waals surface area contributed by atoms with Gasteiger partial charge in [0.1, 0.15) is 0 Å². The Kier molecular flexibility index (Phi) is 0.521. The largest absolute Gasteiger partial charge is 0.231 e. The molecule has 0 unspecified atom stereocenters. The Labute approximate surface area is 38.5 Å². The first-order chi connectivity index (χ1) is 2.21. The average molecular weight is 139 g/mol. The molecule has 1 aliphatic carbocycles. The monoisotopic (exact) mass is 138 g/mol. The summed E-state index contributed by atoms with van der Waals surface area (Å²) in [5.41, 5.74) is 0. The van der Waals surface area contributed by atoms with Crippen LogP contribution in [0, 0.1) is 0 Å². The standard InChI is InChI=1S/C3H4BrF/c4-3(5)1-2-3/h1-2H2. The first-order valence-corrected chi connectivity index (χ1v) is 2.38. The zero-order valence-corrected chi connectivity index (χ0v) is 4.26. The lowest BCUT2D eigenvalue weighted by Crippen LogP contribution is -1.74. The van der Waals surface area contributed by atoms with E-state index in [4.69, 9.17) is 0 Å². The topological polar surface area (TPSA) is 0 Å². The maximum Gasteiger partial charge on any atom is 0.165 e. The fraction of sp³-hybridized carbons (Fsp3) is 1.00. The summed E-state index contributed by atoms with van der Waals surface area (Å²) >= 11 is 2.82. The molecule has 0 bridgehead atoms. The van der Waals surface area contributed by atoms with Crippen molar-refractivity contribution in [2.75, 3.05) is 0 Å². The van der Waals surface area contributed by atoms with Gasteiger partial charge in [0.05, 0.1) is 0 Å². The Balaban J connectivity index is 2.38. The Morgan fingerprint density at radius 3 is 1.80 bits per heavy atom. The van der Waals surface area contributed by atoms with E-state index < -0.39 is 4.58 Å². The van der Waals surface area contributed by atoms with Crippen LogP contribution in [0.25, 0.3) is 0 Å². The molecule has 0 radical (unpaired) electrons. The Morgan fingerprint density at radius 2 is 1.80 bits per heavy atom. The molecule has 1 saturated carbocycles. The number of hydrogen-bond donors (Lipinski definition) is 0. The minimum atomic E-state index is -0.938. The van der Waals surface area contributed by atoms with E-state index in [9.17, 15) is 4.39 Å². The normalized spacial score (nSPS) is 30.0. The van der Waals surface area contributed by atoms with Gasteiger partial charge in [0, 0.05) is 0 Å². The van der Waals surface area contributed by atoms with E-state index in [0.717, 1.165) is 0 Å². The molecule has 0 aromatic heterocycles. The van der Waals surface area contributed by atoms with Gasteiger partial charge in [-0.25, -0.2) is 4.39 Å². The molecular formula is C3H4BrF. The second-order valence-corrected chi connectivity index (χ2v) is 2.78. The SMILES string of the molecule is FC1(Br)CC1. The Hall–Kier alpha value is 0.410. The van der Waals surface area contributed by atoms with E-state index in [1.54, 1.807) is 0 Å². The minimum absolute atomic E-state index is 0.701. The van der Waals surface area contributed by atoms with Crippen LogP contribution < -0.4 is 0 Å². The summed E-state index contributed by atoms with van der Waals surface area (Å²) in [5.74, 6) is 0. The summed E-state index contributed by atoms with van der Waals surface area (Å²) in [4.78, 5) is 0. The van der Waals surface area contributed by atoms with Crippen LogP contribution in [0.3, 0.4) is 0 Å². The van der Waals surface area contributed by atoms with Crippen LogP contribution in [0.2, 0.25) is 0 Å². The van der Waals surface area contributed by atoms with Gasteiger partial charge in [0.25, 0.3) is 0 Å². The van der Waals surface area contributed by atoms with Crippen molar-refractivity contribution in [1.82, 2.24) is 0 Å². The third-order valence-electron chi connectivity index (χ3n) is 0.628. The van der Waals surface area contributed by atoms with Gasteiger partial charge in [0.15, 0.2) is 4.58 Å². The summed E-state index contributed by atoms with van der Waals surface area (Å²) in [6.45, 7) is 0. The van der Waals surface area contributed by atoms with Gasteiger partial charge < -0.3 is 0 Å². The molecule has 1 rings (SSSR count). The van der Waals surface area contributed by atoms with Crippen LogP contribution in [0.4, 0.5) is 4.39 Å². The molecule has 1 fully saturated rings. The van der Waals surface area contributed by atoms with Crippen LogP contribution in [0.15, 0.2) is 0 Å². The van der Waals surface area contributed by atoms with E-state index >= 15 is 0 Å². The van der Waals surface area contributed by atoms with Crippen LogP contribution in [0.1, 0.15) is 12.8 Å². The molecule has 0 aromatic carbocycles. The predicted octanol–water partition coefficient (Wildman–Crippen LogP) is 1.84. The van der Waals surface area contributed by atoms with Gasteiger partial charge in [-0.3, -0.25) is 0 Å².